The van der Waals surface area contributed by atoms with E-state index in [0.29, 0.717) is 12.4 Å². The third kappa shape index (κ3) is 3.16. The maximum Gasteiger partial charge on any atom is 0.143 e. The average Bonchev–Trinajstić information content (AvgIpc) is 2.92. The highest BCUT2D eigenvalue weighted by atomic mass is 79.9. The Bertz CT molecular complexity index is 545. The number of rotatable bonds is 5. The second kappa shape index (κ2) is 6.21. The molecule has 102 valence electrons. The van der Waals surface area contributed by atoms with Crippen molar-refractivity contribution in [1.82, 2.24) is 20.5 Å². The van der Waals surface area contributed by atoms with Crippen LogP contribution < -0.4 is 5.32 Å². The number of aromatic nitrogens is 3. The summed E-state index contributed by atoms with van der Waals surface area (Å²) in [6.07, 6.45) is 1.52. The topological polar surface area (TPSA) is 53.6 Å². The van der Waals surface area contributed by atoms with E-state index in [0.717, 1.165) is 0 Å². The first kappa shape index (κ1) is 14.1. The van der Waals surface area contributed by atoms with Gasteiger partial charge in [-0.2, -0.15) is 5.10 Å². The molecule has 0 aliphatic heterocycles. The van der Waals surface area contributed by atoms with Crippen LogP contribution in [0.2, 0.25) is 0 Å². The van der Waals surface area contributed by atoms with Gasteiger partial charge in [-0.05, 0) is 34.6 Å². The van der Waals surface area contributed by atoms with E-state index in [2.05, 4.69) is 36.4 Å². The molecule has 0 radical (unpaired) electrons. The van der Waals surface area contributed by atoms with Crippen LogP contribution in [0.4, 0.5) is 8.78 Å². The van der Waals surface area contributed by atoms with Crippen molar-refractivity contribution >= 4 is 15.9 Å². The zero-order chi connectivity index (χ0) is 13.8. The van der Waals surface area contributed by atoms with Gasteiger partial charge in [-0.15, -0.1) is 0 Å². The summed E-state index contributed by atoms with van der Waals surface area (Å²) in [6.45, 7) is 2.57. The Morgan fingerprint density at radius 2 is 2.21 bits per heavy atom. The number of hydrogen-bond acceptors (Lipinski definition) is 3. The molecule has 0 saturated heterocycles. The van der Waals surface area contributed by atoms with Crippen LogP contribution in [0.25, 0.3) is 0 Å². The minimum atomic E-state index is -0.581. The summed E-state index contributed by atoms with van der Waals surface area (Å²) in [4.78, 5) is 4.03. The Morgan fingerprint density at radius 1 is 1.42 bits per heavy atom. The van der Waals surface area contributed by atoms with Crippen LogP contribution in [0.15, 0.2) is 22.9 Å². The van der Waals surface area contributed by atoms with E-state index in [1.807, 2.05) is 6.92 Å². The lowest BCUT2D eigenvalue weighted by Crippen LogP contribution is -2.25. The molecule has 1 unspecified atom stereocenters. The Morgan fingerprint density at radius 3 is 2.84 bits per heavy atom. The molecule has 7 heteroatoms. The van der Waals surface area contributed by atoms with Gasteiger partial charge in [0.05, 0.1) is 10.5 Å². The normalized spacial score (nSPS) is 12.6. The largest absolute Gasteiger partial charge is 0.307 e. The lowest BCUT2D eigenvalue weighted by Gasteiger charge is -2.16. The number of nitrogens with one attached hydrogen (secondary N) is 2. The van der Waals surface area contributed by atoms with E-state index in [9.17, 15) is 8.78 Å². The molecule has 1 atom stereocenters. The first-order valence-electron chi connectivity index (χ1n) is 5.84. The van der Waals surface area contributed by atoms with Gasteiger partial charge < -0.3 is 5.32 Å². The van der Waals surface area contributed by atoms with Gasteiger partial charge in [0.15, 0.2) is 0 Å². The van der Waals surface area contributed by atoms with Crippen LogP contribution in [0, 0.1) is 11.6 Å². The molecule has 2 aromatic rings. The molecule has 0 bridgehead atoms. The monoisotopic (exact) mass is 330 g/mol. The summed E-state index contributed by atoms with van der Waals surface area (Å²) in [5.41, 5.74) is 0.0247. The minimum absolute atomic E-state index is 0.0247. The van der Waals surface area contributed by atoms with Gasteiger partial charge in [0.2, 0.25) is 0 Å². The predicted molar refractivity (Wildman–Crippen MR) is 70.6 cm³/mol. The molecule has 4 nitrogen and oxygen atoms in total. The molecule has 1 aromatic carbocycles. The van der Waals surface area contributed by atoms with Gasteiger partial charge in [0.1, 0.15) is 23.8 Å². The fraction of sp³-hybridized carbons (Fsp3) is 0.333. The molecule has 0 spiro atoms. The number of hydrogen-bond donors (Lipinski definition) is 2. The molecule has 2 N–H and O–H groups in total. The molecule has 1 heterocycles. The van der Waals surface area contributed by atoms with Crippen molar-refractivity contribution < 1.29 is 8.78 Å². The highest BCUT2D eigenvalue weighted by Crippen LogP contribution is 2.25. The van der Waals surface area contributed by atoms with Gasteiger partial charge in [0, 0.05) is 12.0 Å². The lowest BCUT2D eigenvalue weighted by atomic mass is 10.0. The third-order valence-corrected chi connectivity index (χ3v) is 3.37. The van der Waals surface area contributed by atoms with Crippen molar-refractivity contribution in [2.75, 3.05) is 6.54 Å². The van der Waals surface area contributed by atoms with Crippen LogP contribution in [0.1, 0.15) is 24.4 Å². The molecule has 1 aromatic heterocycles. The Balaban J connectivity index is 2.30. The average molecular weight is 331 g/mol. The Hall–Kier alpha value is -1.34. The zero-order valence-corrected chi connectivity index (χ0v) is 11.8. The van der Waals surface area contributed by atoms with E-state index in [1.54, 1.807) is 0 Å². The number of aromatic amines is 1. The SMILES string of the molecule is CCNC(Cc1c(F)ccc(Br)c1F)c1ncn[nH]1. The summed E-state index contributed by atoms with van der Waals surface area (Å²) in [5, 5.41) is 9.60. The van der Waals surface area contributed by atoms with Crippen molar-refractivity contribution in [1.29, 1.82) is 0 Å². The van der Waals surface area contributed by atoms with E-state index in [1.165, 1.54) is 18.5 Å². The molecule has 0 aliphatic carbocycles. The lowest BCUT2D eigenvalue weighted by molar-refractivity contribution is 0.483. The van der Waals surface area contributed by atoms with Crippen LogP contribution in [-0.4, -0.2) is 21.7 Å². The van der Waals surface area contributed by atoms with Crippen LogP contribution in [0.5, 0.6) is 0 Å². The second-order valence-electron chi connectivity index (χ2n) is 4.01. The first-order valence-corrected chi connectivity index (χ1v) is 6.63. The first-order chi connectivity index (χ1) is 9.13. The predicted octanol–water partition coefficient (Wildman–Crippen LogP) is 2.74. The fourth-order valence-electron chi connectivity index (χ4n) is 1.86. The van der Waals surface area contributed by atoms with Gasteiger partial charge in [0.25, 0.3) is 0 Å². The Labute approximate surface area is 117 Å². The van der Waals surface area contributed by atoms with E-state index in [-0.39, 0.29) is 22.5 Å². The van der Waals surface area contributed by atoms with Crippen molar-refractivity contribution in [2.45, 2.75) is 19.4 Å². The van der Waals surface area contributed by atoms with Gasteiger partial charge >= 0.3 is 0 Å². The Kier molecular flexibility index (Phi) is 4.60. The van der Waals surface area contributed by atoms with Crippen molar-refractivity contribution in [3.05, 3.63) is 46.0 Å². The molecular weight excluding hydrogens is 318 g/mol. The number of nitrogens with zero attached hydrogens (tertiary/aromatic N) is 2. The smallest absolute Gasteiger partial charge is 0.143 e. The molecule has 0 aliphatic rings. The van der Waals surface area contributed by atoms with Crippen molar-refractivity contribution in [2.24, 2.45) is 0 Å². The standard InChI is InChI=1S/C12H13BrF2N4/c1-2-16-10(12-17-6-18-19-12)5-7-9(14)4-3-8(13)11(7)15/h3-4,6,10,16H,2,5H2,1H3,(H,17,18,19). The summed E-state index contributed by atoms with van der Waals surface area (Å²) in [7, 11) is 0. The number of benzene rings is 1. The van der Waals surface area contributed by atoms with Crippen LogP contribution >= 0.6 is 15.9 Å². The van der Waals surface area contributed by atoms with Crippen LogP contribution in [-0.2, 0) is 6.42 Å². The molecule has 0 fully saturated rings. The summed E-state index contributed by atoms with van der Waals surface area (Å²) in [5.74, 6) is -0.592. The number of likely N-dealkylation sites (N-methyl/N-ethyl adjacent to an activating group) is 1. The molecule has 19 heavy (non-hydrogen) atoms. The maximum atomic E-state index is 13.9. The van der Waals surface area contributed by atoms with Gasteiger partial charge in [-0.1, -0.05) is 6.92 Å². The minimum Gasteiger partial charge on any atom is -0.307 e. The maximum absolute atomic E-state index is 13.9. The fourth-order valence-corrected chi connectivity index (χ4v) is 2.23. The van der Waals surface area contributed by atoms with E-state index >= 15 is 0 Å². The number of H-pyrrole nitrogens is 1. The quantitative estimate of drug-likeness (QED) is 0.829. The molecule has 2 rings (SSSR count). The zero-order valence-electron chi connectivity index (χ0n) is 10.3. The second-order valence-corrected chi connectivity index (χ2v) is 4.86. The summed E-state index contributed by atoms with van der Waals surface area (Å²) >= 11 is 3.06. The highest BCUT2D eigenvalue weighted by molar-refractivity contribution is 9.10. The third-order valence-electron chi connectivity index (χ3n) is 2.76. The van der Waals surface area contributed by atoms with Crippen molar-refractivity contribution in [3.63, 3.8) is 0 Å². The van der Waals surface area contributed by atoms with E-state index in [4.69, 9.17) is 0 Å². The van der Waals surface area contributed by atoms with Crippen molar-refractivity contribution in [3.8, 4) is 0 Å². The number of halogens is 3. The molecular formula is C12H13BrF2N4. The molecule has 0 amide bonds. The molecule has 0 saturated carbocycles. The summed E-state index contributed by atoms with van der Waals surface area (Å²) in [6, 6.07) is 2.28. The van der Waals surface area contributed by atoms with Gasteiger partial charge in [-0.3, -0.25) is 5.10 Å². The highest BCUT2D eigenvalue weighted by Gasteiger charge is 2.20. The van der Waals surface area contributed by atoms with Gasteiger partial charge in [-0.25, -0.2) is 13.8 Å². The van der Waals surface area contributed by atoms with Crippen LogP contribution in [0.3, 0.4) is 0 Å². The summed E-state index contributed by atoms with van der Waals surface area (Å²) < 4.78 is 27.9. The van der Waals surface area contributed by atoms with E-state index < -0.39 is 11.6 Å².